The molecule has 0 aliphatic rings. The number of benzene rings is 7. The second-order valence-corrected chi connectivity index (χ2v) is 12.5. The number of furan rings is 2. The lowest BCUT2D eigenvalue weighted by Gasteiger charge is -2.10. The maximum absolute atomic E-state index is 6.34. The van der Waals surface area contributed by atoms with Gasteiger partial charge in [-0.15, -0.1) is 0 Å². The fourth-order valence-electron chi connectivity index (χ4n) is 6.80. The summed E-state index contributed by atoms with van der Waals surface area (Å²) in [5, 5.41) is 4.21. The van der Waals surface area contributed by atoms with E-state index in [4.69, 9.17) is 23.8 Å². The van der Waals surface area contributed by atoms with Crippen LogP contribution in [0, 0.1) is 0 Å². The van der Waals surface area contributed by atoms with Crippen molar-refractivity contribution in [2.24, 2.45) is 0 Å². The molecule has 0 unspecified atom stereocenters. The predicted octanol–water partition coefficient (Wildman–Crippen LogP) is 12.0. The summed E-state index contributed by atoms with van der Waals surface area (Å²) in [6.07, 6.45) is 0. The SMILES string of the molecule is c1ccc(-c2ccc(-c3nc(-c4ccccc4)nc(-c4cccc(-c5ccc6oc7cc8c(cc7c6c5)oc5ccccc58)c4)n3)cc2)cc1. The second kappa shape index (κ2) is 11.4. The minimum absolute atomic E-state index is 0.616. The molecule has 0 aliphatic heterocycles. The number of hydrogen-bond acceptors (Lipinski definition) is 5. The molecule has 0 fully saturated rings. The summed E-state index contributed by atoms with van der Waals surface area (Å²) in [4.78, 5) is 14.9. The lowest BCUT2D eigenvalue weighted by molar-refractivity contribution is 0.664. The topological polar surface area (TPSA) is 65.0 Å². The molecule has 5 nitrogen and oxygen atoms in total. The van der Waals surface area contributed by atoms with Crippen LogP contribution in [0.4, 0.5) is 0 Å². The molecule has 0 saturated heterocycles. The van der Waals surface area contributed by atoms with Crippen LogP contribution in [0.2, 0.25) is 0 Å². The zero-order valence-corrected chi connectivity index (χ0v) is 26.7. The van der Waals surface area contributed by atoms with Gasteiger partial charge in [0.05, 0.1) is 0 Å². The lowest BCUT2D eigenvalue weighted by Crippen LogP contribution is -2.00. The lowest BCUT2D eigenvalue weighted by atomic mass is 10.00. The van der Waals surface area contributed by atoms with E-state index in [9.17, 15) is 0 Å². The molecule has 3 heterocycles. The zero-order chi connectivity index (χ0) is 33.0. The van der Waals surface area contributed by atoms with Crippen molar-refractivity contribution >= 4 is 43.9 Å². The number of nitrogens with zero attached hydrogens (tertiary/aromatic N) is 3. The maximum Gasteiger partial charge on any atom is 0.164 e. The summed E-state index contributed by atoms with van der Waals surface area (Å²) in [6, 6.07) is 55.8. The van der Waals surface area contributed by atoms with Crippen molar-refractivity contribution in [1.29, 1.82) is 0 Å². The summed E-state index contributed by atoms with van der Waals surface area (Å²) in [5.74, 6) is 1.87. The van der Waals surface area contributed by atoms with Gasteiger partial charge < -0.3 is 8.83 Å². The third-order valence-corrected chi connectivity index (χ3v) is 9.34. The molecule has 10 rings (SSSR count). The monoisotopic (exact) mass is 641 g/mol. The van der Waals surface area contributed by atoms with E-state index in [1.165, 1.54) is 5.56 Å². The first-order chi connectivity index (χ1) is 24.7. The van der Waals surface area contributed by atoms with Gasteiger partial charge in [0.1, 0.15) is 22.3 Å². The third kappa shape index (κ3) is 4.83. The van der Waals surface area contributed by atoms with Crippen LogP contribution in [0.15, 0.2) is 173 Å². The molecule has 0 atom stereocenters. The van der Waals surface area contributed by atoms with E-state index in [1.54, 1.807) is 0 Å². The van der Waals surface area contributed by atoms with Crippen molar-refractivity contribution < 1.29 is 8.83 Å². The Kier molecular flexibility index (Phi) is 6.42. The molecule has 0 aliphatic carbocycles. The second-order valence-electron chi connectivity index (χ2n) is 12.5. The Morgan fingerprint density at radius 1 is 0.260 bits per heavy atom. The highest BCUT2D eigenvalue weighted by atomic mass is 16.3. The van der Waals surface area contributed by atoms with Gasteiger partial charge in [-0.2, -0.15) is 0 Å². The summed E-state index contributed by atoms with van der Waals surface area (Å²) >= 11 is 0. The first-order valence-electron chi connectivity index (χ1n) is 16.6. The zero-order valence-electron chi connectivity index (χ0n) is 26.7. The van der Waals surface area contributed by atoms with E-state index in [1.807, 2.05) is 60.7 Å². The average molecular weight is 642 g/mol. The van der Waals surface area contributed by atoms with Crippen LogP contribution >= 0.6 is 0 Å². The molecule has 0 amide bonds. The van der Waals surface area contributed by atoms with Crippen LogP contribution < -0.4 is 0 Å². The van der Waals surface area contributed by atoms with E-state index < -0.39 is 0 Å². The molecule has 50 heavy (non-hydrogen) atoms. The largest absolute Gasteiger partial charge is 0.456 e. The predicted molar refractivity (Wildman–Crippen MR) is 202 cm³/mol. The first-order valence-corrected chi connectivity index (χ1v) is 16.6. The number of aromatic nitrogens is 3. The molecule has 0 radical (unpaired) electrons. The van der Waals surface area contributed by atoms with Gasteiger partial charge in [0.15, 0.2) is 17.5 Å². The molecule has 3 aromatic heterocycles. The van der Waals surface area contributed by atoms with Crippen LogP contribution in [0.5, 0.6) is 0 Å². The van der Waals surface area contributed by atoms with E-state index in [-0.39, 0.29) is 0 Å². The van der Waals surface area contributed by atoms with Gasteiger partial charge in [0, 0.05) is 38.2 Å². The van der Waals surface area contributed by atoms with Crippen molar-refractivity contribution in [3.8, 4) is 56.4 Å². The number of fused-ring (bicyclic) bond motifs is 6. The Balaban J connectivity index is 1.07. The number of hydrogen-bond donors (Lipinski definition) is 0. The molecule has 7 aromatic carbocycles. The summed E-state index contributed by atoms with van der Waals surface area (Å²) in [7, 11) is 0. The first kappa shape index (κ1) is 28.2. The van der Waals surface area contributed by atoms with Crippen LogP contribution in [0.1, 0.15) is 0 Å². The normalized spacial score (nSPS) is 11.6. The molecule has 0 bridgehead atoms. The van der Waals surface area contributed by atoms with Gasteiger partial charge in [-0.25, -0.2) is 15.0 Å². The van der Waals surface area contributed by atoms with Gasteiger partial charge in [-0.3, -0.25) is 0 Å². The van der Waals surface area contributed by atoms with Crippen LogP contribution in [0.25, 0.3) is 100 Å². The summed E-state index contributed by atoms with van der Waals surface area (Å²) < 4.78 is 12.5. The number of rotatable bonds is 5. The highest BCUT2D eigenvalue weighted by Crippen LogP contribution is 2.38. The third-order valence-electron chi connectivity index (χ3n) is 9.34. The fraction of sp³-hybridized carbons (Fsp3) is 0. The highest BCUT2D eigenvalue weighted by Gasteiger charge is 2.16. The fourth-order valence-corrected chi connectivity index (χ4v) is 6.80. The number of para-hydroxylation sites is 1. The van der Waals surface area contributed by atoms with Gasteiger partial charge in [-0.1, -0.05) is 127 Å². The van der Waals surface area contributed by atoms with Gasteiger partial charge in [0.25, 0.3) is 0 Å². The van der Waals surface area contributed by atoms with E-state index in [0.29, 0.717) is 17.5 Å². The average Bonchev–Trinajstić information content (AvgIpc) is 3.74. The smallest absolute Gasteiger partial charge is 0.164 e. The standard InChI is InChI=1S/C45H27N3O2/c1-3-10-28(11-4-1)29-18-20-31(21-19-29)44-46-43(30-12-5-2-6-13-30)47-45(48-44)34-15-9-14-32(24-34)33-22-23-40-36(25-33)38-27-41-37(26-42(38)50-40)35-16-7-8-17-39(35)49-41/h1-27H. The van der Waals surface area contributed by atoms with Crippen molar-refractivity contribution in [2.45, 2.75) is 0 Å². The van der Waals surface area contributed by atoms with E-state index >= 15 is 0 Å². The maximum atomic E-state index is 6.34. The van der Waals surface area contributed by atoms with Gasteiger partial charge >= 0.3 is 0 Å². The Morgan fingerprint density at radius 2 is 0.700 bits per heavy atom. The van der Waals surface area contributed by atoms with Gasteiger partial charge in [-0.05, 0) is 58.7 Å². The van der Waals surface area contributed by atoms with Gasteiger partial charge in [0.2, 0.25) is 0 Å². The molecule has 0 N–H and O–H groups in total. The van der Waals surface area contributed by atoms with Crippen molar-refractivity contribution in [3.63, 3.8) is 0 Å². The minimum atomic E-state index is 0.616. The molecule has 234 valence electrons. The van der Waals surface area contributed by atoms with Crippen LogP contribution in [-0.4, -0.2) is 15.0 Å². The molecule has 5 heteroatoms. The Morgan fingerprint density at radius 3 is 1.42 bits per heavy atom. The molecule has 0 spiro atoms. The van der Waals surface area contributed by atoms with Crippen molar-refractivity contribution in [3.05, 3.63) is 164 Å². The van der Waals surface area contributed by atoms with E-state index in [0.717, 1.165) is 77.3 Å². The Hall–Kier alpha value is -6.85. The van der Waals surface area contributed by atoms with Crippen LogP contribution in [-0.2, 0) is 0 Å². The van der Waals surface area contributed by atoms with E-state index in [2.05, 4.69) is 103 Å². The van der Waals surface area contributed by atoms with Crippen molar-refractivity contribution in [2.75, 3.05) is 0 Å². The molecule has 10 aromatic rings. The molecular weight excluding hydrogens is 615 g/mol. The molecular formula is C45H27N3O2. The Labute approximate surface area is 287 Å². The Bertz CT molecular complexity index is 2850. The molecule has 0 saturated carbocycles. The summed E-state index contributed by atoms with van der Waals surface area (Å²) in [5.41, 5.74) is 10.6. The minimum Gasteiger partial charge on any atom is -0.456 e. The highest BCUT2D eigenvalue weighted by molar-refractivity contribution is 6.15. The van der Waals surface area contributed by atoms with Crippen LogP contribution in [0.3, 0.4) is 0 Å². The quantitative estimate of drug-likeness (QED) is 0.187. The summed E-state index contributed by atoms with van der Waals surface area (Å²) in [6.45, 7) is 0. The van der Waals surface area contributed by atoms with Crippen molar-refractivity contribution in [1.82, 2.24) is 15.0 Å².